The number of aryl methyl sites for hydroxylation is 2. The molecule has 1 heterocycles. The minimum atomic E-state index is 0.596. The SMILES string of the molecule is CCNC1CCN(c2cc(C)cc(C)c2)C(C)C1C. The first-order valence-electron chi connectivity index (χ1n) is 7.61. The Morgan fingerprint density at radius 1 is 1.16 bits per heavy atom. The van der Waals surface area contributed by atoms with Crippen LogP contribution >= 0.6 is 0 Å². The van der Waals surface area contributed by atoms with Crippen LogP contribution in [0.1, 0.15) is 38.3 Å². The highest BCUT2D eigenvalue weighted by molar-refractivity contribution is 5.52. The summed E-state index contributed by atoms with van der Waals surface area (Å²) in [6, 6.07) is 8.16. The van der Waals surface area contributed by atoms with Crippen molar-refractivity contribution in [2.45, 2.75) is 53.1 Å². The predicted molar refractivity (Wildman–Crippen MR) is 84.0 cm³/mol. The molecule has 1 aromatic rings. The van der Waals surface area contributed by atoms with Crippen LogP contribution in [0.4, 0.5) is 5.69 Å². The lowest BCUT2D eigenvalue weighted by molar-refractivity contribution is 0.274. The summed E-state index contributed by atoms with van der Waals surface area (Å²) in [5.74, 6) is 0.689. The molecule has 2 rings (SSSR count). The molecule has 2 heteroatoms. The highest BCUT2D eigenvalue weighted by atomic mass is 15.2. The van der Waals surface area contributed by atoms with Gasteiger partial charge in [-0.15, -0.1) is 0 Å². The van der Waals surface area contributed by atoms with Crippen molar-refractivity contribution in [3.05, 3.63) is 29.3 Å². The first kappa shape index (κ1) is 14.4. The average molecular weight is 260 g/mol. The van der Waals surface area contributed by atoms with Crippen LogP contribution in [0.25, 0.3) is 0 Å². The summed E-state index contributed by atoms with van der Waals surface area (Å²) in [6.07, 6.45) is 1.24. The van der Waals surface area contributed by atoms with Crippen LogP contribution in [-0.2, 0) is 0 Å². The number of hydrogen-bond acceptors (Lipinski definition) is 2. The van der Waals surface area contributed by atoms with Gasteiger partial charge in [0.2, 0.25) is 0 Å². The van der Waals surface area contributed by atoms with E-state index in [9.17, 15) is 0 Å². The van der Waals surface area contributed by atoms with Crippen molar-refractivity contribution in [1.82, 2.24) is 5.32 Å². The summed E-state index contributed by atoms with van der Waals surface area (Å²) in [4.78, 5) is 2.58. The van der Waals surface area contributed by atoms with E-state index in [1.807, 2.05) is 0 Å². The van der Waals surface area contributed by atoms with Gasteiger partial charge in [-0.3, -0.25) is 0 Å². The second-order valence-corrected chi connectivity index (χ2v) is 6.09. The van der Waals surface area contributed by atoms with E-state index in [4.69, 9.17) is 0 Å². The molecule has 3 atom stereocenters. The molecule has 0 radical (unpaired) electrons. The normalized spacial score (nSPS) is 27.6. The Kier molecular flexibility index (Phi) is 4.51. The Morgan fingerprint density at radius 2 is 1.79 bits per heavy atom. The van der Waals surface area contributed by atoms with Gasteiger partial charge < -0.3 is 10.2 Å². The van der Waals surface area contributed by atoms with E-state index >= 15 is 0 Å². The molecule has 106 valence electrons. The van der Waals surface area contributed by atoms with E-state index in [1.165, 1.54) is 23.2 Å². The van der Waals surface area contributed by atoms with Crippen molar-refractivity contribution < 1.29 is 0 Å². The molecule has 3 unspecified atom stereocenters. The highest BCUT2D eigenvalue weighted by Crippen LogP contribution is 2.30. The number of rotatable bonds is 3. The first-order chi connectivity index (χ1) is 9.02. The van der Waals surface area contributed by atoms with E-state index in [0.29, 0.717) is 18.0 Å². The van der Waals surface area contributed by atoms with E-state index in [0.717, 1.165) is 13.1 Å². The molecular weight excluding hydrogens is 232 g/mol. The maximum Gasteiger partial charge on any atom is 0.0374 e. The lowest BCUT2D eigenvalue weighted by Gasteiger charge is -2.44. The van der Waals surface area contributed by atoms with E-state index < -0.39 is 0 Å². The average Bonchev–Trinajstić information content (AvgIpc) is 2.34. The molecule has 1 N–H and O–H groups in total. The highest BCUT2D eigenvalue weighted by Gasteiger charge is 2.31. The topological polar surface area (TPSA) is 15.3 Å². The number of benzene rings is 1. The van der Waals surface area contributed by atoms with Gasteiger partial charge in [0.1, 0.15) is 0 Å². The Morgan fingerprint density at radius 3 is 2.37 bits per heavy atom. The van der Waals surface area contributed by atoms with Crippen molar-refractivity contribution in [2.24, 2.45) is 5.92 Å². The maximum atomic E-state index is 3.63. The minimum Gasteiger partial charge on any atom is -0.368 e. The molecule has 0 aliphatic carbocycles. The van der Waals surface area contributed by atoms with Gasteiger partial charge in [-0.1, -0.05) is 19.9 Å². The lowest BCUT2D eigenvalue weighted by Crippen LogP contribution is -2.53. The van der Waals surface area contributed by atoms with Crippen LogP contribution in [0, 0.1) is 19.8 Å². The van der Waals surface area contributed by atoms with Crippen LogP contribution < -0.4 is 10.2 Å². The quantitative estimate of drug-likeness (QED) is 0.894. The summed E-state index contributed by atoms with van der Waals surface area (Å²) in [6.45, 7) is 13.6. The Labute approximate surface area is 118 Å². The van der Waals surface area contributed by atoms with E-state index in [-0.39, 0.29) is 0 Å². The van der Waals surface area contributed by atoms with Crippen molar-refractivity contribution in [3.8, 4) is 0 Å². The van der Waals surface area contributed by atoms with Gasteiger partial charge in [0, 0.05) is 24.3 Å². The summed E-state index contributed by atoms with van der Waals surface area (Å²) in [7, 11) is 0. The fourth-order valence-corrected chi connectivity index (χ4v) is 3.40. The van der Waals surface area contributed by atoms with E-state index in [2.05, 4.69) is 63.0 Å². The zero-order valence-electron chi connectivity index (χ0n) is 13.0. The van der Waals surface area contributed by atoms with Gasteiger partial charge in [-0.2, -0.15) is 0 Å². The molecule has 0 aromatic heterocycles. The Balaban J connectivity index is 2.18. The monoisotopic (exact) mass is 260 g/mol. The molecule has 1 aliphatic heterocycles. The maximum absolute atomic E-state index is 3.63. The number of piperidine rings is 1. The van der Waals surface area contributed by atoms with Crippen LogP contribution in [0.15, 0.2) is 18.2 Å². The lowest BCUT2D eigenvalue weighted by atomic mass is 9.86. The molecule has 19 heavy (non-hydrogen) atoms. The van der Waals surface area contributed by atoms with Gasteiger partial charge in [0.15, 0.2) is 0 Å². The van der Waals surface area contributed by atoms with Gasteiger partial charge in [-0.05, 0) is 62.9 Å². The van der Waals surface area contributed by atoms with Gasteiger partial charge in [0.05, 0.1) is 0 Å². The summed E-state index contributed by atoms with van der Waals surface area (Å²) in [5.41, 5.74) is 4.12. The van der Waals surface area contributed by atoms with Crippen molar-refractivity contribution >= 4 is 5.69 Å². The number of nitrogens with one attached hydrogen (secondary N) is 1. The van der Waals surface area contributed by atoms with Crippen LogP contribution in [0.3, 0.4) is 0 Å². The predicted octanol–water partition coefficient (Wildman–Crippen LogP) is 3.52. The third-order valence-corrected chi connectivity index (χ3v) is 4.57. The Hall–Kier alpha value is -1.02. The summed E-state index contributed by atoms with van der Waals surface area (Å²) >= 11 is 0. The number of anilines is 1. The molecule has 0 amide bonds. The largest absolute Gasteiger partial charge is 0.368 e. The van der Waals surface area contributed by atoms with Crippen LogP contribution in [-0.4, -0.2) is 25.2 Å². The third kappa shape index (κ3) is 3.11. The van der Waals surface area contributed by atoms with Crippen LogP contribution in [0.2, 0.25) is 0 Å². The van der Waals surface area contributed by atoms with Gasteiger partial charge in [0.25, 0.3) is 0 Å². The van der Waals surface area contributed by atoms with Crippen LogP contribution in [0.5, 0.6) is 0 Å². The van der Waals surface area contributed by atoms with Gasteiger partial charge >= 0.3 is 0 Å². The molecule has 1 fully saturated rings. The zero-order valence-corrected chi connectivity index (χ0v) is 13.0. The van der Waals surface area contributed by atoms with Gasteiger partial charge in [-0.25, -0.2) is 0 Å². The summed E-state index contributed by atoms with van der Waals surface area (Å²) < 4.78 is 0. The fourth-order valence-electron chi connectivity index (χ4n) is 3.40. The van der Waals surface area contributed by atoms with Crippen molar-refractivity contribution in [1.29, 1.82) is 0 Å². The molecule has 0 spiro atoms. The molecule has 2 nitrogen and oxygen atoms in total. The Bertz CT molecular complexity index is 407. The van der Waals surface area contributed by atoms with E-state index in [1.54, 1.807) is 0 Å². The molecule has 1 aromatic carbocycles. The second kappa shape index (κ2) is 5.96. The molecule has 0 saturated carbocycles. The molecule has 0 bridgehead atoms. The third-order valence-electron chi connectivity index (χ3n) is 4.57. The van der Waals surface area contributed by atoms with Crippen molar-refractivity contribution in [3.63, 3.8) is 0 Å². The standard InChI is InChI=1S/C17H28N2/c1-6-18-17-7-8-19(15(5)14(17)4)16-10-12(2)9-13(3)11-16/h9-11,14-15,17-18H,6-8H2,1-5H3. The zero-order chi connectivity index (χ0) is 14.0. The second-order valence-electron chi connectivity index (χ2n) is 6.09. The van der Waals surface area contributed by atoms with Crippen molar-refractivity contribution in [2.75, 3.05) is 18.0 Å². The molecule has 1 aliphatic rings. The molecular formula is C17H28N2. The number of hydrogen-bond donors (Lipinski definition) is 1. The summed E-state index contributed by atoms with van der Waals surface area (Å²) in [5, 5.41) is 3.63. The number of nitrogens with zero attached hydrogens (tertiary/aromatic N) is 1. The smallest absolute Gasteiger partial charge is 0.0374 e. The minimum absolute atomic E-state index is 0.596. The molecule has 1 saturated heterocycles. The first-order valence-corrected chi connectivity index (χ1v) is 7.61. The fraction of sp³-hybridized carbons (Fsp3) is 0.647.